The summed E-state index contributed by atoms with van der Waals surface area (Å²) in [5.41, 5.74) is 10.6. The molecule has 2 aromatic carbocycles. The van der Waals surface area contributed by atoms with Crippen molar-refractivity contribution in [2.45, 2.75) is 18.8 Å². The number of nitrogens with two attached hydrogens (primary N) is 1. The van der Waals surface area contributed by atoms with Crippen molar-refractivity contribution < 1.29 is 9.11 Å². The van der Waals surface area contributed by atoms with Crippen molar-refractivity contribution >= 4 is 16.5 Å². The highest BCUT2D eigenvalue weighted by atomic mass is 32.3. The van der Waals surface area contributed by atoms with Crippen molar-refractivity contribution in [1.29, 1.82) is 0 Å². The molecule has 7 heteroatoms. The van der Waals surface area contributed by atoms with Gasteiger partial charge in [-0.05, 0) is 42.7 Å². The van der Waals surface area contributed by atoms with Gasteiger partial charge in [0.2, 0.25) is 0 Å². The van der Waals surface area contributed by atoms with E-state index in [1.54, 1.807) is 4.31 Å². The fourth-order valence-corrected chi connectivity index (χ4v) is 5.31. The van der Waals surface area contributed by atoms with Crippen molar-refractivity contribution in [1.82, 2.24) is 10.2 Å². The van der Waals surface area contributed by atoms with Crippen LogP contribution in [0.15, 0.2) is 66.7 Å². The zero-order valence-corrected chi connectivity index (χ0v) is 17.0. The normalized spacial score (nSPS) is 17.8. The fourth-order valence-electron chi connectivity index (χ4n) is 3.70. The van der Waals surface area contributed by atoms with E-state index in [2.05, 4.69) is 22.3 Å². The Morgan fingerprint density at radius 3 is 2.48 bits per heavy atom. The lowest BCUT2D eigenvalue weighted by atomic mass is 9.96. The molecule has 1 aliphatic heterocycles. The molecule has 0 radical (unpaired) electrons. The molecule has 1 unspecified atom stereocenters. The third-order valence-electron chi connectivity index (χ3n) is 5.28. The molecule has 1 aliphatic rings. The van der Waals surface area contributed by atoms with Crippen LogP contribution in [0.1, 0.15) is 23.6 Å². The topological polar surface area (TPSA) is 95.5 Å². The highest BCUT2D eigenvalue weighted by molar-refractivity contribution is 8.25. The van der Waals surface area contributed by atoms with E-state index in [1.807, 2.05) is 54.6 Å². The van der Waals surface area contributed by atoms with Crippen LogP contribution < -0.4 is 10.0 Å². The minimum Gasteiger partial charge on any atom is -0.330 e. The maximum atomic E-state index is 10.2. The average Bonchev–Trinajstić information content (AvgIpc) is 3.12. The molecule has 6 nitrogen and oxygen atoms in total. The summed E-state index contributed by atoms with van der Waals surface area (Å²) in [5, 5.41) is 8.86. The summed E-state index contributed by atoms with van der Waals surface area (Å²) in [6.45, 7) is 1.15. The minimum absolute atomic E-state index is 0.114. The van der Waals surface area contributed by atoms with Gasteiger partial charge in [0.25, 0.3) is 0 Å². The molecule has 0 amide bonds. The monoisotopic (exact) mass is 410 g/mol. The lowest BCUT2D eigenvalue weighted by Crippen LogP contribution is -2.21. The first-order chi connectivity index (χ1) is 14.1. The predicted octanol–water partition coefficient (Wildman–Crippen LogP) is 4.30. The molecule has 0 aliphatic carbocycles. The summed E-state index contributed by atoms with van der Waals surface area (Å²) in [5.74, 6) is 0.538. The number of anilines is 1. The maximum Gasteiger partial charge on any atom is 0.0930 e. The second-order valence-electron chi connectivity index (χ2n) is 7.31. The Kier molecular flexibility index (Phi) is 5.82. The number of benzene rings is 2. The molecule has 1 atom stereocenters. The zero-order valence-electron chi connectivity index (χ0n) is 16.2. The quantitative estimate of drug-likeness (QED) is 0.561. The van der Waals surface area contributed by atoms with Crippen LogP contribution in [-0.2, 0) is 6.42 Å². The van der Waals surface area contributed by atoms with Gasteiger partial charge in [-0.15, -0.1) is 10.8 Å². The van der Waals surface area contributed by atoms with Crippen LogP contribution in [-0.4, -0.2) is 38.1 Å². The number of hydrogen-bond donors (Lipinski definition) is 3. The van der Waals surface area contributed by atoms with E-state index in [9.17, 15) is 9.11 Å². The van der Waals surface area contributed by atoms with Gasteiger partial charge in [0.05, 0.1) is 22.8 Å². The lowest BCUT2D eigenvalue weighted by molar-refractivity contribution is 0.491. The molecule has 152 valence electrons. The van der Waals surface area contributed by atoms with E-state index in [0.29, 0.717) is 18.8 Å². The summed E-state index contributed by atoms with van der Waals surface area (Å²) in [4.78, 5) is 0. The van der Waals surface area contributed by atoms with Gasteiger partial charge < -0.3 is 5.73 Å². The van der Waals surface area contributed by atoms with Crippen LogP contribution in [0.4, 0.5) is 5.69 Å². The Labute approximate surface area is 172 Å². The van der Waals surface area contributed by atoms with Crippen LogP contribution in [0.5, 0.6) is 0 Å². The van der Waals surface area contributed by atoms with Gasteiger partial charge in [0.15, 0.2) is 0 Å². The van der Waals surface area contributed by atoms with Crippen molar-refractivity contribution in [3.63, 3.8) is 0 Å². The van der Waals surface area contributed by atoms with E-state index >= 15 is 0 Å². The lowest BCUT2D eigenvalue weighted by Gasteiger charge is -2.38. The highest BCUT2D eigenvalue weighted by Gasteiger charge is 2.29. The van der Waals surface area contributed by atoms with Crippen molar-refractivity contribution in [3.05, 3.63) is 78.0 Å². The Hall–Kier alpha value is -2.45. The molecule has 0 bridgehead atoms. The van der Waals surface area contributed by atoms with E-state index in [1.165, 1.54) is 5.56 Å². The highest BCUT2D eigenvalue weighted by Crippen LogP contribution is 2.51. The predicted molar refractivity (Wildman–Crippen MR) is 119 cm³/mol. The Bertz CT molecular complexity index is 951. The molecule has 0 saturated carbocycles. The molecule has 1 aromatic heterocycles. The molecule has 1 saturated heterocycles. The number of rotatable bonds is 6. The standard InChI is InChI=1S/C22H26N4O2S/c23-16-19(14-17-6-2-1-3-7-17)22-11-10-21(24-25-22)18-8-4-9-20(15-18)26-12-5-13-29(26,27)28/h1-4,6-11,15,19,27-28H,5,12-14,16,23H2. The summed E-state index contributed by atoms with van der Waals surface area (Å²) in [7, 11) is -2.71. The van der Waals surface area contributed by atoms with Crippen LogP contribution in [0, 0.1) is 0 Å². The maximum absolute atomic E-state index is 10.2. The van der Waals surface area contributed by atoms with Crippen LogP contribution >= 0.6 is 10.8 Å². The molecule has 0 spiro atoms. The van der Waals surface area contributed by atoms with Gasteiger partial charge >= 0.3 is 0 Å². The Morgan fingerprint density at radius 1 is 1.00 bits per heavy atom. The van der Waals surface area contributed by atoms with Gasteiger partial charge in [-0.3, -0.25) is 13.4 Å². The zero-order chi connectivity index (χ0) is 20.3. The van der Waals surface area contributed by atoms with E-state index in [-0.39, 0.29) is 5.92 Å². The number of aromatic nitrogens is 2. The third kappa shape index (κ3) is 4.43. The molecular weight excluding hydrogens is 384 g/mol. The van der Waals surface area contributed by atoms with Crippen molar-refractivity contribution in [3.8, 4) is 11.3 Å². The molecule has 29 heavy (non-hydrogen) atoms. The number of hydrogen-bond acceptors (Lipinski definition) is 6. The van der Waals surface area contributed by atoms with Gasteiger partial charge in [0, 0.05) is 24.6 Å². The minimum atomic E-state index is -2.71. The van der Waals surface area contributed by atoms with Gasteiger partial charge in [-0.1, -0.05) is 42.5 Å². The van der Waals surface area contributed by atoms with E-state index < -0.39 is 10.8 Å². The summed E-state index contributed by atoms with van der Waals surface area (Å²) >= 11 is 0. The number of nitrogens with zero attached hydrogens (tertiary/aromatic N) is 3. The average molecular weight is 411 g/mol. The smallest absolute Gasteiger partial charge is 0.0930 e. The second-order valence-corrected chi connectivity index (χ2v) is 9.42. The summed E-state index contributed by atoms with van der Waals surface area (Å²) in [6, 6.07) is 21.9. The third-order valence-corrected chi connectivity index (χ3v) is 7.21. The van der Waals surface area contributed by atoms with E-state index in [4.69, 9.17) is 5.73 Å². The fraction of sp³-hybridized carbons (Fsp3) is 0.273. The molecule has 3 aromatic rings. The van der Waals surface area contributed by atoms with Crippen molar-refractivity contribution in [2.75, 3.05) is 23.1 Å². The molecule has 4 rings (SSSR count). The Balaban J connectivity index is 1.54. The summed E-state index contributed by atoms with van der Waals surface area (Å²) in [6.07, 6.45) is 1.61. The van der Waals surface area contributed by atoms with Crippen LogP contribution in [0.25, 0.3) is 11.3 Å². The van der Waals surface area contributed by atoms with Gasteiger partial charge in [0.1, 0.15) is 0 Å². The van der Waals surface area contributed by atoms with Crippen LogP contribution in [0.3, 0.4) is 0 Å². The molecule has 1 fully saturated rings. The Morgan fingerprint density at radius 2 is 1.83 bits per heavy atom. The SMILES string of the molecule is NCC(Cc1ccccc1)c1ccc(-c2cccc(N3CCCS3(O)O)c2)nn1. The first-order valence-electron chi connectivity index (χ1n) is 9.78. The molecule has 2 heterocycles. The molecule has 4 N–H and O–H groups in total. The van der Waals surface area contributed by atoms with Gasteiger partial charge in [-0.2, -0.15) is 10.2 Å². The van der Waals surface area contributed by atoms with Gasteiger partial charge in [-0.25, -0.2) is 0 Å². The first-order valence-corrected chi connectivity index (χ1v) is 11.5. The first kappa shape index (κ1) is 19.8. The summed E-state index contributed by atoms with van der Waals surface area (Å²) < 4.78 is 22.2. The van der Waals surface area contributed by atoms with E-state index in [0.717, 1.165) is 35.5 Å². The largest absolute Gasteiger partial charge is 0.330 e. The molecular formula is C22H26N4O2S. The second kappa shape index (κ2) is 8.51. The van der Waals surface area contributed by atoms with Crippen LogP contribution in [0.2, 0.25) is 0 Å². The van der Waals surface area contributed by atoms with Crippen molar-refractivity contribution in [2.24, 2.45) is 5.73 Å².